The number of carbonyl (C=O) groups is 2. The van der Waals surface area contributed by atoms with Crippen LogP contribution >= 0.6 is 11.6 Å². The number of carbonyl (C=O) groups excluding carboxylic acids is 2. The second kappa shape index (κ2) is 15.0. The largest absolute Gasteiger partial charge is 0.352 e. The number of aryl methyl sites for hydroxylation is 1. The van der Waals surface area contributed by atoms with E-state index in [9.17, 15) is 18.0 Å². The van der Waals surface area contributed by atoms with Crippen molar-refractivity contribution in [3.63, 3.8) is 0 Å². The molecule has 0 fully saturated rings. The van der Waals surface area contributed by atoms with Crippen LogP contribution in [0.4, 0.5) is 5.69 Å². The van der Waals surface area contributed by atoms with Crippen LogP contribution in [0.25, 0.3) is 0 Å². The highest BCUT2D eigenvalue weighted by molar-refractivity contribution is 7.92. The Bertz CT molecular complexity index is 1400. The van der Waals surface area contributed by atoms with Gasteiger partial charge in [-0.25, -0.2) is 8.42 Å². The topological polar surface area (TPSA) is 86.8 Å². The molecule has 9 heteroatoms. The molecule has 0 saturated heterocycles. The molecule has 0 heterocycles. The average molecular weight is 598 g/mol. The van der Waals surface area contributed by atoms with E-state index in [-0.39, 0.29) is 43.8 Å². The molecule has 0 saturated carbocycles. The molecule has 3 rings (SSSR count). The third-order valence-corrected chi connectivity index (χ3v) is 8.42. The Morgan fingerprint density at radius 3 is 2.22 bits per heavy atom. The summed E-state index contributed by atoms with van der Waals surface area (Å²) in [7, 11) is -3.59. The van der Waals surface area contributed by atoms with Crippen LogP contribution < -0.4 is 9.62 Å². The van der Waals surface area contributed by atoms with Crippen molar-refractivity contribution in [3.05, 3.63) is 101 Å². The lowest BCUT2D eigenvalue weighted by Crippen LogP contribution is -2.52. The summed E-state index contributed by atoms with van der Waals surface area (Å²) in [4.78, 5) is 29.2. The Morgan fingerprint density at radius 1 is 0.951 bits per heavy atom. The standard InChI is InChI=1S/C32H40ClN3O4S/c1-5-25(3)34-32(38)30(22-26-12-7-6-8-13-26)35(23-27-14-9-11-24(2)21-27)31(37)15-10-20-36(41(4,39)40)29-18-16-28(33)17-19-29/h6-9,11-14,16-19,21,25,30H,5,10,15,20,22-23H2,1-4H3,(H,34,38)/t25-,30+/m1/s1. The average Bonchev–Trinajstić information content (AvgIpc) is 2.93. The minimum absolute atomic E-state index is 0.0422. The van der Waals surface area contributed by atoms with Gasteiger partial charge in [-0.3, -0.25) is 13.9 Å². The van der Waals surface area contributed by atoms with E-state index in [1.165, 1.54) is 4.31 Å². The second-order valence-electron chi connectivity index (χ2n) is 10.4. The van der Waals surface area contributed by atoms with Gasteiger partial charge < -0.3 is 10.2 Å². The number of nitrogens with one attached hydrogen (secondary N) is 1. The van der Waals surface area contributed by atoms with Crippen molar-refractivity contribution in [2.75, 3.05) is 17.1 Å². The summed E-state index contributed by atoms with van der Waals surface area (Å²) < 4.78 is 26.4. The molecule has 0 aliphatic heterocycles. The summed E-state index contributed by atoms with van der Waals surface area (Å²) in [5.74, 6) is -0.417. The van der Waals surface area contributed by atoms with Crippen molar-refractivity contribution in [1.82, 2.24) is 10.2 Å². The molecule has 1 N–H and O–H groups in total. The fourth-order valence-corrected chi connectivity index (χ4v) is 5.70. The number of amides is 2. The molecule has 0 bridgehead atoms. The number of hydrogen-bond acceptors (Lipinski definition) is 4. The fraction of sp³-hybridized carbons (Fsp3) is 0.375. The van der Waals surface area contributed by atoms with Crippen molar-refractivity contribution in [1.29, 1.82) is 0 Å². The maximum absolute atomic E-state index is 13.9. The second-order valence-corrected chi connectivity index (χ2v) is 12.8. The van der Waals surface area contributed by atoms with Crippen molar-refractivity contribution in [2.24, 2.45) is 0 Å². The first-order valence-electron chi connectivity index (χ1n) is 13.9. The summed E-state index contributed by atoms with van der Waals surface area (Å²) in [6.45, 7) is 6.32. The molecule has 41 heavy (non-hydrogen) atoms. The van der Waals surface area contributed by atoms with Gasteiger partial charge in [0.2, 0.25) is 21.8 Å². The van der Waals surface area contributed by atoms with Gasteiger partial charge in [0.25, 0.3) is 0 Å². The number of benzene rings is 3. The lowest BCUT2D eigenvalue weighted by molar-refractivity contribution is -0.141. The van der Waals surface area contributed by atoms with Gasteiger partial charge in [-0.05, 0) is 62.1 Å². The molecular formula is C32H40ClN3O4S. The predicted molar refractivity (Wildman–Crippen MR) is 166 cm³/mol. The number of rotatable bonds is 14. The summed E-state index contributed by atoms with van der Waals surface area (Å²) in [5, 5.41) is 3.58. The monoisotopic (exact) mass is 597 g/mol. The Hall–Kier alpha value is -3.36. The quantitative estimate of drug-likeness (QED) is 0.256. The Kier molecular flexibility index (Phi) is 11.8. The smallest absolute Gasteiger partial charge is 0.243 e. The summed E-state index contributed by atoms with van der Waals surface area (Å²) in [6, 6.07) is 23.3. The van der Waals surface area contributed by atoms with E-state index in [2.05, 4.69) is 5.32 Å². The van der Waals surface area contributed by atoms with Gasteiger partial charge in [0.1, 0.15) is 6.04 Å². The van der Waals surface area contributed by atoms with E-state index in [1.54, 1.807) is 29.2 Å². The molecule has 2 amide bonds. The maximum Gasteiger partial charge on any atom is 0.243 e. The highest BCUT2D eigenvalue weighted by Crippen LogP contribution is 2.22. The minimum Gasteiger partial charge on any atom is -0.352 e. The van der Waals surface area contributed by atoms with Crippen LogP contribution in [0.2, 0.25) is 5.02 Å². The molecule has 220 valence electrons. The van der Waals surface area contributed by atoms with E-state index in [0.29, 0.717) is 17.1 Å². The summed E-state index contributed by atoms with van der Waals surface area (Å²) in [6.07, 6.45) is 2.63. The van der Waals surface area contributed by atoms with Crippen molar-refractivity contribution < 1.29 is 18.0 Å². The number of anilines is 1. The third-order valence-electron chi connectivity index (χ3n) is 6.97. The Labute approximate surface area is 249 Å². The molecule has 0 unspecified atom stereocenters. The number of halogens is 1. The zero-order valence-electron chi connectivity index (χ0n) is 24.2. The van der Waals surface area contributed by atoms with Crippen LogP contribution in [0.15, 0.2) is 78.9 Å². The van der Waals surface area contributed by atoms with E-state index in [4.69, 9.17) is 11.6 Å². The van der Waals surface area contributed by atoms with Crippen LogP contribution in [-0.4, -0.2) is 50.0 Å². The SMILES string of the molecule is CC[C@@H](C)NC(=O)[C@H](Cc1ccccc1)N(Cc1cccc(C)c1)C(=O)CCCN(c1ccc(Cl)cc1)S(C)(=O)=O. The Balaban J connectivity index is 1.89. The van der Waals surface area contributed by atoms with Gasteiger partial charge in [-0.15, -0.1) is 0 Å². The molecule has 2 atom stereocenters. The molecule has 0 aliphatic rings. The Morgan fingerprint density at radius 2 is 1.61 bits per heavy atom. The molecule has 0 spiro atoms. The highest BCUT2D eigenvalue weighted by atomic mass is 35.5. The maximum atomic E-state index is 13.9. The van der Waals surface area contributed by atoms with E-state index >= 15 is 0 Å². The lowest BCUT2D eigenvalue weighted by atomic mass is 10.0. The van der Waals surface area contributed by atoms with Gasteiger partial charge in [0.05, 0.1) is 11.9 Å². The van der Waals surface area contributed by atoms with Crippen LogP contribution in [-0.2, 0) is 32.6 Å². The van der Waals surface area contributed by atoms with Gasteiger partial charge in [0, 0.05) is 37.0 Å². The van der Waals surface area contributed by atoms with Gasteiger partial charge in [-0.1, -0.05) is 78.7 Å². The fourth-order valence-electron chi connectivity index (χ4n) is 4.61. The number of sulfonamides is 1. The van der Waals surface area contributed by atoms with E-state index < -0.39 is 16.1 Å². The summed E-state index contributed by atoms with van der Waals surface area (Å²) in [5.41, 5.74) is 3.41. The van der Waals surface area contributed by atoms with Gasteiger partial charge in [0.15, 0.2) is 0 Å². The van der Waals surface area contributed by atoms with E-state index in [0.717, 1.165) is 29.4 Å². The lowest BCUT2D eigenvalue weighted by Gasteiger charge is -2.33. The molecule has 3 aromatic rings. The minimum atomic E-state index is -3.59. The highest BCUT2D eigenvalue weighted by Gasteiger charge is 2.31. The zero-order valence-corrected chi connectivity index (χ0v) is 25.8. The predicted octanol–water partition coefficient (Wildman–Crippen LogP) is 5.75. The first-order valence-corrected chi connectivity index (χ1v) is 16.1. The number of nitrogens with zero attached hydrogens (tertiary/aromatic N) is 2. The van der Waals surface area contributed by atoms with Crippen LogP contribution in [0.1, 0.15) is 49.8 Å². The molecular weight excluding hydrogens is 558 g/mol. The third kappa shape index (κ3) is 9.90. The van der Waals surface area contributed by atoms with Crippen LogP contribution in [0, 0.1) is 6.92 Å². The van der Waals surface area contributed by atoms with Crippen molar-refractivity contribution >= 4 is 39.1 Å². The zero-order chi connectivity index (χ0) is 30.0. The first kappa shape index (κ1) is 32.2. The van der Waals surface area contributed by atoms with E-state index in [1.807, 2.05) is 75.4 Å². The van der Waals surface area contributed by atoms with Crippen LogP contribution in [0.5, 0.6) is 0 Å². The molecule has 3 aromatic carbocycles. The number of hydrogen-bond donors (Lipinski definition) is 1. The molecule has 0 aliphatic carbocycles. The van der Waals surface area contributed by atoms with Crippen molar-refractivity contribution in [3.8, 4) is 0 Å². The summed E-state index contributed by atoms with van der Waals surface area (Å²) >= 11 is 5.99. The molecule has 0 radical (unpaired) electrons. The normalized spacial score (nSPS) is 12.8. The first-order chi connectivity index (χ1) is 19.5. The van der Waals surface area contributed by atoms with Gasteiger partial charge >= 0.3 is 0 Å². The van der Waals surface area contributed by atoms with Crippen LogP contribution in [0.3, 0.4) is 0 Å². The van der Waals surface area contributed by atoms with Gasteiger partial charge in [-0.2, -0.15) is 0 Å². The molecule has 0 aromatic heterocycles. The molecule has 7 nitrogen and oxygen atoms in total. The van der Waals surface area contributed by atoms with Crippen molar-refractivity contribution in [2.45, 2.75) is 65.1 Å².